The maximum Gasteiger partial charge on any atom is 0.295 e. The van der Waals surface area contributed by atoms with Crippen LogP contribution in [-0.4, -0.2) is 23.0 Å². The number of rotatable bonds is 2. The van der Waals surface area contributed by atoms with Crippen LogP contribution in [0, 0.1) is 11.8 Å². The SMILES string of the molecule is CCC1=C[C@@H]2[C@H](C1)C[C@@]2(O)S(=O)(=O)O. The molecule has 1 saturated carbocycles. The Morgan fingerprint density at radius 3 is 2.79 bits per heavy atom. The second kappa shape index (κ2) is 2.81. The smallest absolute Gasteiger partial charge is 0.295 e. The quantitative estimate of drug-likeness (QED) is 0.534. The number of hydrogen-bond donors (Lipinski definition) is 2. The van der Waals surface area contributed by atoms with Crippen molar-refractivity contribution in [3.8, 4) is 0 Å². The van der Waals surface area contributed by atoms with Gasteiger partial charge in [-0.1, -0.05) is 18.6 Å². The molecule has 14 heavy (non-hydrogen) atoms. The van der Waals surface area contributed by atoms with Crippen LogP contribution >= 0.6 is 0 Å². The van der Waals surface area contributed by atoms with Crippen LogP contribution in [0.4, 0.5) is 0 Å². The van der Waals surface area contributed by atoms with E-state index in [9.17, 15) is 13.5 Å². The summed E-state index contributed by atoms with van der Waals surface area (Å²) >= 11 is 0. The third-order valence-electron chi connectivity index (χ3n) is 3.42. The minimum Gasteiger partial charge on any atom is -0.372 e. The van der Waals surface area contributed by atoms with Crippen molar-refractivity contribution >= 4 is 10.1 Å². The Balaban J connectivity index is 2.27. The van der Waals surface area contributed by atoms with Gasteiger partial charge in [-0.3, -0.25) is 4.55 Å². The summed E-state index contributed by atoms with van der Waals surface area (Å²) in [5, 5.41) is 9.75. The molecular weight excluding hydrogens is 204 g/mol. The van der Waals surface area contributed by atoms with Crippen LogP contribution in [0.1, 0.15) is 26.2 Å². The summed E-state index contributed by atoms with van der Waals surface area (Å²) in [5.74, 6) is -0.190. The molecule has 0 spiro atoms. The molecule has 0 radical (unpaired) electrons. The highest BCUT2D eigenvalue weighted by Gasteiger charge is 2.61. The zero-order valence-electron chi connectivity index (χ0n) is 7.97. The Morgan fingerprint density at radius 2 is 2.29 bits per heavy atom. The maximum atomic E-state index is 10.9. The lowest BCUT2D eigenvalue weighted by atomic mass is 9.72. The van der Waals surface area contributed by atoms with E-state index in [1.165, 1.54) is 5.57 Å². The van der Waals surface area contributed by atoms with Crippen molar-refractivity contribution in [2.24, 2.45) is 11.8 Å². The summed E-state index contributed by atoms with van der Waals surface area (Å²) in [6.45, 7) is 2.00. The molecule has 0 unspecified atom stereocenters. The molecule has 0 bridgehead atoms. The lowest BCUT2D eigenvalue weighted by molar-refractivity contribution is -0.0455. The Hall–Kier alpha value is -0.390. The van der Waals surface area contributed by atoms with Crippen LogP contribution in [0.5, 0.6) is 0 Å². The van der Waals surface area contributed by atoms with Gasteiger partial charge >= 0.3 is 0 Å². The van der Waals surface area contributed by atoms with Crippen LogP contribution in [-0.2, 0) is 10.1 Å². The van der Waals surface area contributed by atoms with Gasteiger partial charge in [-0.05, 0) is 25.2 Å². The Morgan fingerprint density at radius 1 is 1.64 bits per heavy atom. The molecular formula is C9H14O4S. The number of allylic oxidation sites excluding steroid dienone is 1. The fourth-order valence-electron chi connectivity index (χ4n) is 2.51. The predicted octanol–water partition coefficient (Wildman–Crippen LogP) is 0.939. The lowest BCUT2D eigenvalue weighted by Crippen LogP contribution is -2.56. The molecule has 1 fully saturated rings. The van der Waals surface area contributed by atoms with Crippen molar-refractivity contribution in [2.45, 2.75) is 31.1 Å². The monoisotopic (exact) mass is 218 g/mol. The van der Waals surface area contributed by atoms with Gasteiger partial charge in [-0.25, -0.2) is 0 Å². The molecule has 2 N–H and O–H groups in total. The van der Waals surface area contributed by atoms with Crippen molar-refractivity contribution in [3.05, 3.63) is 11.6 Å². The van der Waals surface area contributed by atoms with E-state index < -0.39 is 21.0 Å². The largest absolute Gasteiger partial charge is 0.372 e. The maximum absolute atomic E-state index is 10.9. The first kappa shape index (κ1) is 10.1. The van der Waals surface area contributed by atoms with Gasteiger partial charge in [0, 0.05) is 5.92 Å². The summed E-state index contributed by atoms with van der Waals surface area (Å²) in [6, 6.07) is 0. The van der Waals surface area contributed by atoms with Gasteiger partial charge in [0.25, 0.3) is 10.1 Å². The van der Waals surface area contributed by atoms with Gasteiger partial charge in [0.2, 0.25) is 0 Å². The first-order valence-electron chi connectivity index (χ1n) is 4.77. The highest BCUT2D eigenvalue weighted by molar-refractivity contribution is 7.87. The second-order valence-corrected chi connectivity index (χ2v) is 5.85. The van der Waals surface area contributed by atoms with E-state index in [4.69, 9.17) is 4.55 Å². The number of hydrogen-bond acceptors (Lipinski definition) is 3. The summed E-state index contributed by atoms with van der Waals surface area (Å²) in [7, 11) is -4.34. The summed E-state index contributed by atoms with van der Waals surface area (Å²) in [5.41, 5.74) is 1.18. The highest BCUT2D eigenvalue weighted by atomic mass is 32.2. The first-order valence-corrected chi connectivity index (χ1v) is 6.21. The molecule has 2 rings (SSSR count). The summed E-state index contributed by atoms with van der Waals surface area (Å²) in [6.07, 6.45) is 3.71. The molecule has 0 aliphatic heterocycles. The molecule has 4 nitrogen and oxygen atoms in total. The summed E-state index contributed by atoms with van der Waals surface area (Å²) < 4.78 is 30.8. The van der Waals surface area contributed by atoms with Crippen LogP contribution in [0.15, 0.2) is 11.6 Å². The molecule has 0 heterocycles. The van der Waals surface area contributed by atoms with Crippen LogP contribution < -0.4 is 0 Å². The Labute approximate surface area is 83.4 Å². The average molecular weight is 218 g/mol. The minimum atomic E-state index is -4.34. The molecule has 2 aliphatic rings. The predicted molar refractivity (Wildman–Crippen MR) is 51.1 cm³/mol. The molecule has 0 aromatic heterocycles. The van der Waals surface area contributed by atoms with Gasteiger partial charge in [-0.15, -0.1) is 0 Å². The van der Waals surface area contributed by atoms with E-state index in [1.807, 2.05) is 13.0 Å². The fourth-order valence-corrected chi connectivity index (χ4v) is 3.54. The molecule has 2 aliphatic carbocycles. The van der Waals surface area contributed by atoms with Crippen molar-refractivity contribution < 1.29 is 18.1 Å². The van der Waals surface area contributed by atoms with Gasteiger partial charge in [0.15, 0.2) is 4.93 Å². The Bertz CT molecular complexity index is 384. The molecule has 3 atom stereocenters. The molecule has 5 heteroatoms. The normalized spacial score (nSPS) is 41.5. The van der Waals surface area contributed by atoms with Crippen molar-refractivity contribution in [3.63, 3.8) is 0 Å². The van der Waals surface area contributed by atoms with Crippen molar-refractivity contribution in [1.82, 2.24) is 0 Å². The minimum absolute atomic E-state index is 0.163. The van der Waals surface area contributed by atoms with E-state index in [2.05, 4.69) is 0 Å². The molecule has 0 aromatic rings. The molecule has 0 amide bonds. The third kappa shape index (κ3) is 1.16. The summed E-state index contributed by atoms with van der Waals surface area (Å²) in [4.78, 5) is -1.91. The van der Waals surface area contributed by atoms with Crippen LogP contribution in [0.25, 0.3) is 0 Å². The standard InChI is InChI=1S/C9H14O4S/c1-2-6-3-7-5-9(10,8(7)4-6)14(11,12)13/h4,7-8,10H,2-3,5H2,1H3,(H,11,12,13)/t7-,8-,9-/m1/s1. The molecule has 0 saturated heterocycles. The first-order chi connectivity index (χ1) is 6.38. The van der Waals surface area contributed by atoms with Gasteiger partial charge in [0.1, 0.15) is 0 Å². The van der Waals surface area contributed by atoms with E-state index >= 15 is 0 Å². The number of aliphatic hydroxyl groups is 1. The fraction of sp³-hybridized carbons (Fsp3) is 0.778. The van der Waals surface area contributed by atoms with Crippen LogP contribution in [0.2, 0.25) is 0 Å². The van der Waals surface area contributed by atoms with Gasteiger partial charge in [0.05, 0.1) is 0 Å². The second-order valence-electron chi connectivity index (χ2n) is 4.19. The van der Waals surface area contributed by atoms with Gasteiger partial charge < -0.3 is 5.11 Å². The number of fused-ring (bicyclic) bond motifs is 1. The van der Waals surface area contributed by atoms with E-state index in [1.54, 1.807) is 0 Å². The van der Waals surface area contributed by atoms with E-state index in [-0.39, 0.29) is 12.3 Å². The zero-order valence-corrected chi connectivity index (χ0v) is 8.79. The van der Waals surface area contributed by atoms with E-state index in [0.29, 0.717) is 0 Å². The third-order valence-corrected chi connectivity index (χ3v) is 4.76. The van der Waals surface area contributed by atoms with Crippen LogP contribution in [0.3, 0.4) is 0 Å². The highest BCUT2D eigenvalue weighted by Crippen LogP contribution is 2.54. The topological polar surface area (TPSA) is 74.6 Å². The van der Waals surface area contributed by atoms with Crippen molar-refractivity contribution in [1.29, 1.82) is 0 Å². The van der Waals surface area contributed by atoms with Crippen molar-refractivity contribution in [2.75, 3.05) is 0 Å². The molecule has 0 aromatic carbocycles. The lowest BCUT2D eigenvalue weighted by Gasteiger charge is -2.45. The zero-order chi connectivity index (χ0) is 10.6. The van der Waals surface area contributed by atoms with Gasteiger partial charge in [-0.2, -0.15) is 8.42 Å². The average Bonchev–Trinajstić information content (AvgIpc) is 2.40. The van der Waals surface area contributed by atoms with E-state index in [0.717, 1.165) is 12.8 Å². The Kier molecular flexibility index (Phi) is 2.03. The molecule has 80 valence electrons.